The summed E-state index contributed by atoms with van der Waals surface area (Å²) in [6.07, 6.45) is -2.74. The molecule has 0 aliphatic carbocycles. The summed E-state index contributed by atoms with van der Waals surface area (Å²) in [6, 6.07) is 2.51. The minimum atomic E-state index is -4.02. The van der Waals surface area contributed by atoms with Gasteiger partial charge in [-0.15, -0.1) is 0 Å². The maximum Gasteiger partial charge on any atom is 0.272 e. The van der Waals surface area contributed by atoms with Crippen LogP contribution in [0, 0.1) is 5.82 Å². The quantitative estimate of drug-likeness (QED) is 0.876. The molecule has 1 aromatic rings. The van der Waals surface area contributed by atoms with Crippen molar-refractivity contribution < 1.29 is 26.3 Å². The third kappa shape index (κ3) is 3.38. The number of alkyl halides is 2. The zero-order chi connectivity index (χ0) is 12.3. The molecule has 0 radical (unpaired) electrons. The smallest absolute Gasteiger partial charge is 0.272 e. The van der Waals surface area contributed by atoms with Crippen LogP contribution in [0.4, 0.5) is 13.2 Å². The van der Waals surface area contributed by atoms with Crippen LogP contribution >= 0.6 is 0 Å². The average Bonchev–Trinajstić information content (AvgIpc) is 2.14. The molecule has 0 spiro atoms. The largest absolute Gasteiger partial charge is 0.485 e. The van der Waals surface area contributed by atoms with Crippen molar-refractivity contribution in [2.45, 2.75) is 11.3 Å². The van der Waals surface area contributed by atoms with Gasteiger partial charge in [-0.05, 0) is 18.2 Å². The summed E-state index contributed by atoms with van der Waals surface area (Å²) >= 11 is 0. The van der Waals surface area contributed by atoms with E-state index in [1.54, 1.807) is 0 Å². The third-order valence-corrected chi connectivity index (χ3v) is 2.51. The van der Waals surface area contributed by atoms with Crippen molar-refractivity contribution >= 4 is 10.0 Å². The monoisotopic (exact) mass is 255 g/mol. The van der Waals surface area contributed by atoms with Gasteiger partial charge in [-0.3, -0.25) is 0 Å². The van der Waals surface area contributed by atoms with E-state index in [1.807, 2.05) is 0 Å². The highest BCUT2D eigenvalue weighted by Gasteiger charge is 2.13. The molecule has 90 valence electrons. The van der Waals surface area contributed by atoms with Crippen LogP contribution in [0.15, 0.2) is 23.1 Å². The zero-order valence-corrected chi connectivity index (χ0v) is 8.68. The lowest BCUT2D eigenvalue weighted by molar-refractivity contribution is 0.0798. The summed E-state index contributed by atoms with van der Waals surface area (Å²) in [5, 5.41) is 4.74. The fourth-order valence-corrected chi connectivity index (χ4v) is 1.45. The summed E-state index contributed by atoms with van der Waals surface area (Å²) in [5.41, 5.74) is 0. The van der Waals surface area contributed by atoms with Gasteiger partial charge >= 0.3 is 0 Å². The van der Waals surface area contributed by atoms with Crippen molar-refractivity contribution in [3.63, 3.8) is 0 Å². The van der Waals surface area contributed by atoms with Crippen LogP contribution in [0.2, 0.25) is 0 Å². The Morgan fingerprint density at radius 3 is 2.44 bits per heavy atom. The molecule has 0 aliphatic rings. The second-order valence-electron chi connectivity index (χ2n) is 2.84. The van der Waals surface area contributed by atoms with Gasteiger partial charge in [0.25, 0.3) is 6.43 Å². The van der Waals surface area contributed by atoms with Gasteiger partial charge in [-0.1, -0.05) is 0 Å². The summed E-state index contributed by atoms with van der Waals surface area (Å²) in [6.45, 7) is -0.967. The van der Waals surface area contributed by atoms with E-state index in [0.29, 0.717) is 6.07 Å². The van der Waals surface area contributed by atoms with Crippen LogP contribution in [0.5, 0.6) is 5.75 Å². The maximum atomic E-state index is 13.1. The number of halogens is 3. The molecule has 1 rings (SSSR count). The molecule has 0 aromatic heterocycles. The van der Waals surface area contributed by atoms with E-state index in [2.05, 4.69) is 4.74 Å². The topological polar surface area (TPSA) is 69.4 Å². The standard InChI is InChI=1S/C8H8F3NO3S/c9-6-3-5(16(12,13)14)1-2-7(6)15-4-8(10)11/h1-3,8H,4H2,(H2,12,13,14). The van der Waals surface area contributed by atoms with Crippen LogP contribution in [0.25, 0.3) is 0 Å². The predicted molar refractivity (Wildman–Crippen MR) is 49.3 cm³/mol. The SMILES string of the molecule is NS(=O)(=O)c1ccc(OCC(F)F)c(F)c1. The molecule has 0 fully saturated rings. The van der Waals surface area contributed by atoms with Crippen molar-refractivity contribution in [3.8, 4) is 5.75 Å². The van der Waals surface area contributed by atoms with E-state index in [-0.39, 0.29) is 0 Å². The van der Waals surface area contributed by atoms with Gasteiger partial charge in [-0.2, -0.15) is 0 Å². The van der Waals surface area contributed by atoms with E-state index < -0.39 is 39.5 Å². The number of benzene rings is 1. The van der Waals surface area contributed by atoms with E-state index in [4.69, 9.17) is 5.14 Å². The molecule has 0 bridgehead atoms. The number of primary sulfonamides is 1. The fraction of sp³-hybridized carbons (Fsp3) is 0.250. The Morgan fingerprint density at radius 1 is 1.38 bits per heavy atom. The molecule has 0 heterocycles. The van der Waals surface area contributed by atoms with Crippen molar-refractivity contribution in [1.82, 2.24) is 0 Å². The van der Waals surface area contributed by atoms with Gasteiger partial charge in [0.2, 0.25) is 10.0 Å². The minimum absolute atomic E-state index is 0.450. The lowest BCUT2D eigenvalue weighted by Crippen LogP contribution is -2.13. The Morgan fingerprint density at radius 2 is 2.00 bits per heavy atom. The summed E-state index contributed by atoms with van der Waals surface area (Å²) in [5.74, 6) is -1.51. The first-order chi connectivity index (χ1) is 7.30. The minimum Gasteiger partial charge on any atom is -0.485 e. The molecule has 4 nitrogen and oxygen atoms in total. The van der Waals surface area contributed by atoms with Gasteiger partial charge in [0.15, 0.2) is 11.6 Å². The van der Waals surface area contributed by atoms with Gasteiger partial charge < -0.3 is 4.74 Å². The van der Waals surface area contributed by atoms with Crippen LogP contribution in [0.1, 0.15) is 0 Å². The summed E-state index contributed by atoms with van der Waals surface area (Å²) < 4.78 is 62.7. The number of nitrogens with two attached hydrogens (primary N) is 1. The number of rotatable bonds is 4. The summed E-state index contributed by atoms with van der Waals surface area (Å²) in [7, 11) is -4.02. The third-order valence-electron chi connectivity index (χ3n) is 1.60. The Labute approximate surface area is 89.9 Å². The van der Waals surface area contributed by atoms with Crippen LogP contribution in [-0.2, 0) is 10.0 Å². The Hall–Kier alpha value is -1.28. The summed E-state index contributed by atoms with van der Waals surface area (Å²) in [4.78, 5) is -0.450. The Bertz CT molecular complexity index is 475. The molecule has 0 saturated heterocycles. The number of hydrogen-bond acceptors (Lipinski definition) is 3. The highest BCUT2D eigenvalue weighted by Crippen LogP contribution is 2.20. The van der Waals surface area contributed by atoms with Gasteiger partial charge in [-0.25, -0.2) is 26.7 Å². The Balaban J connectivity index is 2.92. The first-order valence-corrected chi connectivity index (χ1v) is 5.58. The molecular formula is C8H8F3NO3S. The average molecular weight is 255 g/mol. The fourth-order valence-electron chi connectivity index (χ4n) is 0.928. The maximum absolute atomic E-state index is 13.1. The number of ether oxygens (including phenoxy) is 1. The molecule has 8 heteroatoms. The zero-order valence-electron chi connectivity index (χ0n) is 7.86. The van der Waals surface area contributed by atoms with Crippen molar-refractivity contribution in [2.24, 2.45) is 5.14 Å². The highest BCUT2D eigenvalue weighted by atomic mass is 32.2. The van der Waals surface area contributed by atoms with E-state index >= 15 is 0 Å². The first kappa shape index (κ1) is 12.8. The van der Waals surface area contributed by atoms with Gasteiger partial charge in [0.05, 0.1) is 4.90 Å². The number of hydrogen-bond donors (Lipinski definition) is 1. The lowest BCUT2D eigenvalue weighted by Gasteiger charge is -2.07. The van der Waals surface area contributed by atoms with Crippen molar-refractivity contribution in [3.05, 3.63) is 24.0 Å². The molecule has 0 aliphatic heterocycles. The first-order valence-electron chi connectivity index (χ1n) is 4.04. The highest BCUT2D eigenvalue weighted by molar-refractivity contribution is 7.89. The number of sulfonamides is 1. The molecule has 2 N–H and O–H groups in total. The van der Waals surface area contributed by atoms with Crippen molar-refractivity contribution in [2.75, 3.05) is 6.61 Å². The van der Waals surface area contributed by atoms with Crippen LogP contribution in [0.3, 0.4) is 0 Å². The molecule has 0 amide bonds. The van der Waals surface area contributed by atoms with E-state index in [9.17, 15) is 21.6 Å². The molecule has 1 aromatic carbocycles. The lowest BCUT2D eigenvalue weighted by atomic mass is 10.3. The molecule has 0 saturated carbocycles. The second kappa shape index (κ2) is 4.71. The Kier molecular flexibility index (Phi) is 3.76. The molecule has 0 unspecified atom stereocenters. The molecular weight excluding hydrogens is 247 g/mol. The second-order valence-corrected chi connectivity index (χ2v) is 4.40. The predicted octanol–water partition coefficient (Wildman–Crippen LogP) is 1.12. The van der Waals surface area contributed by atoms with E-state index in [0.717, 1.165) is 12.1 Å². The normalized spacial score (nSPS) is 11.8. The van der Waals surface area contributed by atoms with Crippen LogP contribution in [-0.4, -0.2) is 21.5 Å². The van der Waals surface area contributed by atoms with Gasteiger partial charge in [0.1, 0.15) is 6.61 Å². The van der Waals surface area contributed by atoms with Crippen LogP contribution < -0.4 is 9.88 Å². The molecule has 0 atom stereocenters. The van der Waals surface area contributed by atoms with Gasteiger partial charge in [0, 0.05) is 0 Å². The molecule has 16 heavy (non-hydrogen) atoms. The van der Waals surface area contributed by atoms with Crippen molar-refractivity contribution in [1.29, 1.82) is 0 Å². The van der Waals surface area contributed by atoms with E-state index in [1.165, 1.54) is 0 Å².